The van der Waals surface area contributed by atoms with E-state index in [9.17, 15) is 4.79 Å². The Hall–Kier alpha value is -1.23. The molecule has 4 nitrogen and oxygen atoms in total. The van der Waals surface area contributed by atoms with Crippen LogP contribution in [0.4, 0.5) is 10.5 Å². The van der Waals surface area contributed by atoms with E-state index in [1.807, 2.05) is 23.1 Å². The number of hydrogen-bond donors (Lipinski definition) is 1. The van der Waals surface area contributed by atoms with E-state index in [1.165, 1.54) is 12.8 Å². The van der Waals surface area contributed by atoms with Crippen LogP contribution in [0, 0.1) is 0 Å². The average molecular weight is 327 g/mol. The molecular formula is C14H19BrN2O2. The van der Waals surface area contributed by atoms with Gasteiger partial charge in [-0.05, 0) is 40.9 Å². The lowest BCUT2D eigenvalue weighted by Gasteiger charge is -2.21. The summed E-state index contributed by atoms with van der Waals surface area (Å²) in [7, 11) is 1.61. The third-order valence-electron chi connectivity index (χ3n) is 3.31. The lowest BCUT2D eigenvalue weighted by Crippen LogP contribution is -2.35. The van der Waals surface area contributed by atoms with Crippen molar-refractivity contribution in [2.45, 2.75) is 25.7 Å². The second-order valence-electron chi connectivity index (χ2n) is 4.68. The predicted molar refractivity (Wildman–Crippen MR) is 79.8 cm³/mol. The summed E-state index contributed by atoms with van der Waals surface area (Å²) in [5, 5.41) is 2.94. The molecule has 0 aromatic heterocycles. The molecule has 19 heavy (non-hydrogen) atoms. The van der Waals surface area contributed by atoms with E-state index >= 15 is 0 Å². The zero-order valence-corrected chi connectivity index (χ0v) is 12.7. The molecule has 1 aromatic carbocycles. The summed E-state index contributed by atoms with van der Waals surface area (Å²) < 4.78 is 6.03. The Morgan fingerprint density at radius 1 is 1.26 bits per heavy atom. The Kier molecular flexibility index (Phi) is 5.07. The molecule has 1 aliphatic heterocycles. The summed E-state index contributed by atoms with van der Waals surface area (Å²) in [6.45, 7) is 1.68. The number of hydrogen-bond acceptors (Lipinski definition) is 2. The van der Waals surface area contributed by atoms with Crippen LogP contribution < -0.4 is 10.1 Å². The van der Waals surface area contributed by atoms with Gasteiger partial charge in [0, 0.05) is 23.6 Å². The number of nitrogens with one attached hydrogen (secondary N) is 1. The van der Waals surface area contributed by atoms with Crippen LogP contribution in [-0.2, 0) is 0 Å². The normalized spacial score (nSPS) is 15.8. The summed E-state index contributed by atoms with van der Waals surface area (Å²) in [6, 6.07) is 5.51. The molecule has 0 unspecified atom stereocenters. The quantitative estimate of drug-likeness (QED) is 0.896. The number of benzene rings is 1. The van der Waals surface area contributed by atoms with Gasteiger partial charge in [-0.3, -0.25) is 0 Å². The highest BCUT2D eigenvalue weighted by atomic mass is 79.9. The Morgan fingerprint density at radius 3 is 2.58 bits per heavy atom. The van der Waals surface area contributed by atoms with Crippen molar-refractivity contribution in [1.29, 1.82) is 0 Å². The Morgan fingerprint density at radius 2 is 1.95 bits per heavy atom. The van der Waals surface area contributed by atoms with Crippen molar-refractivity contribution in [2.75, 3.05) is 25.5 Å². The number of halogens is 1. The first-order chi connectivity index (χ1) is 9.20. The van der Waals surface area contributed by atoms with E-state index < -0.39 is 0 Å². The van der Waals surface area contributed by atoms with E-state index in [0.717, 1.165) is 41.8 Å². The number of rotatable bonds is 2. The second kappa shape index (κ2) is 6.80. The van der Waals surface area contributed by atoms with Crippen molar-refractivity contribution in [3.8, 4) is 5.75 Å². The Bertz CT molecular complexity index is 443. The molecule has 0 atom stereocenters. The molecule has 1 fully saturated rings. The highest BCUT2D eigenvalue weighted by Gasteiger charge is 2.16. The summed E-state index contributed by atoms with van der Waals surface area (Å²) in [5.74, 6) is 0.731. The zero-order chi connectivity index (χ0) is 13.7. The van der Waals surface area contributed by atoms with Crippen LogP contribution in [0.3, 0.4) is 0 Å². The summed E-state index contributed by atoms with van der Waals surface area (Å²) in [4.78, 5) is 14.1. The van der Waals surface area contributed by atoms with Crippen molar-refractivity contribution < 1.29 is 9.53 Å². The van der Waals surface area contributed by atoms with Gasteiger partial charge in [-0.15, -0.1) is 0 Å². The van der Waals surface area contributed by atoms with E-state index in [0.29, 0.717) is 0 Å². The Balaban J connectivity index is 2.05. The number of nitrogens with zero attached hydrogens (tertiary/aromatic N) is 1. The summed E-state index contributed by atoms with van der Waals surface area (Å²) >= 11 is 3.44. The third-order valence-corrected chi connectivity index (χ3v) is 4.00. The molecule has 0 saturated carbocycles. The fraction of sp³-hybridized carbons (Fsp3) is 0.500. The van der Waals surface area contributed by atoms with Crippen molar-refractivity contribution in [1.82, 2.24) is 4.90 Å². The van der Waals surface area contributed by atoms with E-state index in [-0.39, 0.29) is 6.03 Å². The first-order valence-corrected chi connectivity index (χ1v) is 7.39. The number of urea groups is 1. The maximum absolute atomic E-state index is 12.2. The molecule has 1 aromatic rings. The SMILES string of the molecule is COc1ccc(Br)c(NC(=O)N2CCCCCC2)c1. The van der Waals surface area contributed by atoms with Crippen LogP contribution in [0.15, 0.2) is 22.7 Å². The molecule has 0 aliphatic carbocycles. The Labute approximate surface area is 122 Å². The van der Waals surface area contributed by atoms with Gasteiger partial charge in [0.1, 0.15) is 5.75 Å². The van der Waals surface area contributed by atoms with Gasteiger partial charge in [-0.2, -0.15) is 0 Å². The molecule has 0 spiro atoms. The molecule has 104 valence electrons. The average Bonchev–Trinajstić information content (AvgIpc) is 2.70. The second-order valence-corrected chi connectivity index (χ2v) is 5.53. The number of anilines is 1. The molecule has 0 bridgehead atoms. The van der Waals surface area contributed by atoms with E-state index in [1.54, 1.807) is 7.11 Å². The van der Waals surface area contributed by atoms with Crippen molar-refractivity contribution >= 4 is 27.6 Å². The smallest absolute Gasteiger partial charge is 0.321 e. The molecule has 5 heteroatoms. The van der Waals surface area contributed by atoms with Crippen LogP contribution in [0.25, 0.3) is 0 Å². The van der Waals surface area contributed by atoms with Gasteiger partial charge < -0.3 is 15.0 Å². The first kappa shape index (κ1) is 14.2. The minimum absolute atomic E-state index is 0.0316. The number of ether oxygens (including phenoxy) is 1. The summed E-state index contributed by atoms with van der Waals surface area (Å²) in [5.41, 5.74) is 0.744. The van der Waals surface area contributed by atoms with Gasteiger partial charge in [-0.25, -0.2) is 4.79 Å². The highest BCUT2D eigenvalue weighted by Crippen LogP contribution is 2.27. The molecular weight excluding hydrogens is 308 g/mol. The maximum atomic E-state index is 12.2. The molecule has 2 amide bonds. The first-order valence-electron chi connectivity index (χ1n) is 6.60. The number of methoxy groups -OCH3 is 1. The minimum atomic E-state index is -0.0316. The van der Waals surface area contributed by atoms with Crippen LogP contribution >= 0.6 is 15.9 Å². The molecule has 1 N–H and O–H groups in total. The molecule has 1 saturated heterocycles. The largest absolute Gasteiger partial charge is 0.497 e. The van der Waals surface area contributed by atoms with Crippen LogP contribution in [-0.4, -0.2) is 31.1 Å². The number of amides is 2. The minimum Gasteiger partial charge on any atom is -0.497 e. The lowest BCUT2D eigenvalue weighted by atomic mass is 10.2. The van der Waals surface area contributed by atoms with Crippen LogP contribution in [0.5, 0.6) is 5.75 Å². The topological polar surface area (TPSA) is 41.6 Å². The van der Waals surface area contributed by atoms with Crippen LogP contribution in [0.2, 0.25) is 0 Å². The fourth-order valence-corrected chi connectivity index (χ4v) is 2.54. The van der Waals surface area contributed by atoms with Gasteiger partial charge >= 0.3 is 6.03 Å². The molecule has 0 radical (unpaired) electrons. The van der Waals surface area contributed by atoms with Gasteiger partial charge in [0.05, 0.1) is 12.8 Å². The zero-order valence-electron chi connectivity index (χ0n) is 11.1. The standard InChI is InChI=1S/C14H19BrN2O2/c1-19-11-6-7-12(15)13(10-11)16-14(18)17-8-4-2-3-5-9-17/h6-7,10H,2-5,8-9H2,1H3,(H,16,18). The highest BCUT2D eigenvalue weighted by molar-refractivity contribution is 9.10. The third kappa shape index (κ3) is 3.86. The van der Waals surface area contributed by atoms with E-state index in [2.05, 4.69) is 21.2 Å². The molecule has 2 rings (SSSR count). The molecule has 1 aliphatic rings. The number of carbonyl (C=O) groups excluding carboxylic acids is 1. The van der Waals surface area contributed by atoms with Crippen LogP contribution in [0.1, 0.15) is 25.7 Å². The van der Waals surface area contributed by atoms with Crippen molar-refractivity contribution in [2.24, 2.45) is 0 Å². The van der Waals surface area contributed by atoms with Gasteiger partial charge in [0.25, 0.3) is 0 Å². The summed E-state index contributed by atoms with van der Waals surface area (Å²) in [6.07, 6.45) is 4.61. The fourth-order valence-electron chi connectivity index (χ4n) is 2.20. The maximum Gasteiger partial charge on any atom is 0.321 e. The van der Waals surface area contributed by atoms with Gasteiger partial charge in [0.15, 0.2) is 0 Å². The number of likely N-dealkylation sites (tertiary alicyclic amines) is 1. The van der Waals surface area contributed by atoms with Gasteiger partial charge in [0.2, 0.25) is 0 Å². The van der Waals surface area contributed by atoms with Gasteiger partial charge in [-0.1, -0.05) is 12.8 Å². The van der Waals surface area contributed by atoms with Crippen molar-refractivity contribution in [3.63, 3.8) is 0 Å². The monoisotopic (exact) mass is 326 g/mol. The number of carbonyl (C=O) groups is 1. The van der Waals surface area contributed by atoms with E-state index in [4.69, 9.17) is 4.74 Å². The lowest BCUT2D eigenvalue weighted by molar-refractivity contribution is 0.213. The van der Waals surface area contributed by atoms with Crippen molar-refractivity contribution in [3.05, 3.63) is 22.7 Å². The predicted octanol–water partition coefficient (Wildman–Crippen LogP) is 3.87. The molecule has 1 heterocycles.